The molecule has 0 radical (unpaired) electrons. The Bertz CT molecular complexity index is 1050. The minimum Gasteiger partial charge on any atom is -0.491 e. The lowest BCUT2D eigenvalue weighted by atomic mass is 9.90. The SMILES string of the molecule is COC(=O)c1ccc(OCC(O)CN2C(=O)NC(C)(c3cccc(C(N)=O)c3)C2=O)cc1. The molecule has 2 atom stereocenters. The summed E-state index contributed by atoms with van der Waals surface area (Å²) >= 11 is 0. The number of hydrogen-bond acceptors (Lipinski definition) is 7. The number of nitrogens with zero attached hydrogens (tertiary/aromatic N) is 1. The Kier molecular flexibility index (Phi) is 6.45. The summed E-state index contributed by atoms with van der Waals surface area (Å²) in [5.41, 5.74) is 4.84. The van der Waals surface area contributed by atoms with Gasteiger partial charge >= 0.3 is 12.0 Å². The van der Waals surface area contributed by atoms with Crippen molar-refractivity contribution >= 4 is 23.8 Å². The fourth-order valence-electron chi connectivity index (χ4n) is 3.30. The van der Waals surface area contributed by atoms with Crippen LogP contribution in [0.2, 0.25) is 0 Å². The Balaban J connectivity index is 1.64. The molecule has 10 heteroatoms. The predicted molar refractivity (Wildman–Crippen MR) is 112 cm³/mol. The molecule has 0 bridgehead atoms. The summed E-state index contributed by atoms with van der Waals surface area (Å²) in [6.45, 7) is 1.03. The van der Waals surface area contributed by atoms with Crippen molar-refractivity contribution in [3.63, 3.8) is 0 Å². The third-order valence-electron chi connectivity index (χ3n) is 5.11. The van der Waals surface area contributed by atoms with E-state index in [9.17, 15) is 24.3 Å². The molecule has 0 saturated carbocycles. The van der Waals surface area contributed by atoms with E-state index in [0.29, 0.717) is 16.9 Å². The highest BCUT2D eigenvalue weighted by Gasteiger charge is 2.49. The molecule has 2 aromatic carbocycles. The van der Waals surface area contributed by atoms with Crippen molar-refractivity contribution in [1.82, 2.24) is 10.2 Å². The van der Waals surface area contributed by atoms with Crippen molar-refractivity contribution in [1.29, 1.82) is 0 Å². The van der Waals surface area contributed by atoms with Gasteiger partial charge in [-0.15, -0.1) is 0 Å². The zero-order chi connectivity index (χ0) is 23.5. The average Bonchev–Trinajstić information content (AvgIpc) is 3.01. The standard InChI is InChI=1S/C22H23N3O7/c1-22(15-5-3-4-14(10-15)18(23)27)20(29)25(21(30)24-22)11-16(26)12-32-17-8-6-13(7-9-17)19(28)31-2/h3-10,16,26H,11-12H2,1-2H3,(H2,23,27)(H,24,30). The fraction of sp³-hybridized carbons (Fsp3) is 0.273. The molecule has 2 unspecified atom stereocenters. The molecule has 1 aliphatic rings. The molecule has 168 valence electrons. The number of amides is 4. The number of nitrogens with one attached hydrogen (secondary N) is 1. The summed E-state index contributed by atoms with van der Waals surface area (Å²) in [6, 6.07) is 11.5. The van der Waals surface area contributed by atoms with E-state index in [-0.39, 0.29) is 18.7 Å². The second-order valence-electron chi connectivity index (χ2n) is 7.40. The van der Waals surface area contributed by atoms with Crippen molar-refractivity contribution < 1.29 is 33.8 Å². The normalized spacial score (nSPS) is 18.8. The van der Waals surface area contributed by atoms with Crippen LogP contribution in [0.15, 0.2) is 48.5 Å². The van der Waals surface area contributed by atoms with Crippen molar-refractivity contribution in [3.8, 4) is 5.75 Å². The van der Waals surface area contributed by atoms with Gasteiger partial charge in [0, 0.05) is 5.56 Å². The molecule has 0 aliphatic carbocycles. The monoisotopic (exact) mass is 441 g/mol. The molecule has 1 aliphatic heterocycles. The maximum Gasteiger partial charge on any atom is 0.337 e. The van der Waals surface area contributed by atoms with Gasteiger partial charge in [0.2, 0.25) is 5.91 Å². The molecule has 10 nitrogen and oxygen atoms in total. The van der Waals surface area contributed by atoms with E-state index in [1.807, 2.05) is 0 Å². The van der Waals surface area contributed by atoms with E-state index in [4.69, 9.17) is 10.5 Å². The Morgan fingerprint density at radius 1 is 1.16 bits per heavy atom. The summed E-state index contributed by atoms with van der Waals surface area (Å²) in [5.74, 6) is -1.33. The lowest BCUT2D eigenvalue weighted by molar-refractivity contribution is -0.132. The van der Waals surface area contributed by atoms with Crippen LogP contribution in [0.5, 0.6) is 5.75 Å². The first-order valence-corrected chi connectivity index (χ1v) is 9.69. The molecule has 1 saturated heterocycles. The van der Waals surface area contributed by atoms with Gasteiger partial charge in [-0.1, -0.05) is 12.1 Å². The number of nitrogens with two attached hydrogens (primary N) is 1. The maximum atomic E-state index is 13.0. The van der Waals surface area contributed by atoms with Crippen LogP contribution < -0.4 is 15.8 Å². The van der Waals surface area contributed by atoms with Crippen molar-refractivity contribution in [2.75, 3.05) is 20.3 Å². The van der Waals surface area contributed by atoms with E-state index < -0.39 is 35.5 Å². The lowest BCUT2D eigenvalue weighted by Crippen LogP contribution is -2.43. The summed E-state index contributed by atoms with van der Waals surface area (Å²) in [4.78, 5) is 49.2. The molecule has 1 heterocycles. The Morgan fingerprint density at radius 3 is 2.47 bits per heavy atom. The molecule has 3 rings (SSSR count). The van der Waals surface area contributed by atoms with E-state index >= 15 is 0 Å². The van der Waals surface area contributed by atoms with E-state index in [2.05, 4.69) is 10.1 Å². The van der Waals surface area contributed by atoms with Crippen LogP contribution in [0, 0.1) is 0 Å². The van der Waals surface area contributed by atoms with E-state index in [0.717, 1.165) is 4.90 Å². The Hall–Kier alpha value is -3.92. The highest BCUT2D eigenvalue weighted by Crippen LogP contribution is 2.29. The number of methoxy groups -OCH3 is 1. The quantitative estimate of drug-likeness (QED) is 0.405. The average molecular weight is 441 g/mol. The van der Waals surface area contributed by atoms with Crippen molar-refractivity contribution in [3.05, 3.63) is 65.2 Å². The van der Waals surface area contributed by atoms with Crippen LogP contribution in [0.3, 0.4) is 0 Å². The second-order valence-corrected chi connectivity index (χ2v) is 7.40. The van der Waals surface area contributed by atoms with Gasteiger partial charge < -0.3 is 25.6 Å². The highest BCUT2D eigenvalue weighted by molar-refractivity contribution is 6.07. The number of β-amino-alcohol motifs (C(OH)–C–C–N with tert-alkyl or cyclic N) is 1. The number of imide groups is 1. The number of hydrogen-bond donors (Lipinski definition) is 3. The third-order valence-corrected chi connectivity index (χ3v) is 5.11. The van der Waals surface area contributed by atoms with Gasteiger partial charge in [0.25, 0.3) is 5.91 Å². The zero-order valence-corrected chi connectivity index (χ0v) is 17.5. The minimum atomic E-state index is -1.41. The van der Waals surface area contributed by atoms with Crippen molar-refractivity contribution in [2.45, 2.75) is 18.6 Å². The molecule has 0 aromatic heterocycles. The van der Waals surface area contributed by atoms with Gasteiger partial charge in [0.05, 0.1) is 19.2 Å². The molecular formula is C22H23N3O7. The molecule has 4 amide bonds. The topological polar surface area (TPSA) is 148 Å². The molecule has 1 fully saturated rings. The van der Waals surface area contributed by atoms with Gasteiger partial charge in [-0.25, -0.2) is 9.59 Å². The van der Waals surface area contributed by atoms with Crippen LogP contribution in [0.4, 0.5) is 4.79 Å². The summed E-state index contributed by atoms with van der Waals surface area (Å²) in [7, 11) is 1.28. The Labute approximate surface area is 183 Å². The molecule has 2 aromatic rings. The first-order chi connectivity index (χ1) is 15.2. The maximum absolute atomic E-state index is 13.0. The van der Waals surface area contributed by atoms with E-state index in [1.54, 1.807) is 12.1 Å². The first kappa shape index (κ1) is 22.8. The smallest absolute Gasteiger partial charge is 0.337 e. The van der Waals surface area contributed by atoms with Gasteiger partial charge in [-0.2, -0.15) is 0 Å². The number of carbonyl (C=O) groups excluding carboxylic acids is 4. The van der Waals surface area contributed by atoms with Crippen LogP contribution in [0.1, 0.15) is 33.2 Å². The number of benzene rings is 2. The lowest BCUT2D eigenvalue weighted by Gasteiger charge is -2.23. The van der Waals surface area contributed by atoms with Gasteiger partial charge in [0.1, 0.15) is 24.0 Å². The zero-order valence-electron chi connectivity index (χ0n) is 17.5. The minimum absolute atomic E-state index is 0.192. The largest absolute Gasteiger partial charge is 0.491 e. The predicted octanol–water partition coefficient (Wildman–Crippen LogP) is 0.779. The summed E-state index contributed by atoms with van der Waals surface area (Å²) < 4.78 is 10.1. The number of carbonyl (C=O) groups is 4. The van der Waals surface area contributed by atoms with Gasteiger partial charge in [-0.3, -0.25) is 14.5 Å². The number of primary amides is 1. The van der Waals surface area contributed by atoms with Crippen molar-refractivity contribution in [2.24, 2.45) is 5.73 Å². The molecule has 32 heavy (non-hydrogen) atoms. The third kappa shape index (κ3) is 4.54. The summed E-state index contributed by atoms with van der Waals surface area (Å²) in [6.07, 6.45) is -1.16. The highest BCUT2D eigenvalue weighted by atomic mass is 16.5. The number of ether oxygens (including phenoxy) is 2. The second kappa shape index (κ2) is 9.06. The number of rotatable bonds is 8. The Morgan fingerprint density at radius 2 is 1.84 bits per heavy atom. The number of urea groups is 1. The van der Waals surface area contributed by atoms with Crippen LogP contribution in [0.25, 0.3) is 0 Å². The molecular weight excluding hydrogens is 418 g/mol. The number of esters is 1. The fourth-order valence-corrected chi connectivity index (χ4v) is 3.30. The first-order valence-electron chi connectivity index (χ1n) is 9.69. The van der Waals surface area contributed by atoms with Gasteiger partial charge in [0.15, 0.2) is 0 Å². The molecule has 0 spiro atoms. The number of aliphatic hydroxyl groups excluding tert-OH is 1. The van der Waals surface area contributed by atoms with Crippen LogP contribution >= 0.6 is 0 Å². The van der Waals surface area contributed by atoms with Gasteiger partial charge in [-0.05, 0) is 48.9 Å². The number of aliphatic hydroxyl groups is 1. The summed E-state index contributed by atoms with van der Waals surface area (Å²) in [5, 5.41) is 12.9. The van der Waals surface area contributed by atoms with Crippen LogP contribution in [-0.2, 0) is 15.1 Å². The van der Waals surface area contributed by atoms with E-state index in [1.165, 1.54) is 50.4 Å². The van der Waals surface area contributed by atoms with Crippen LogP contribution in [-0.4, -0.2) is 60.2 Å². The molecule has 4 N–H and O–H groups in total.